The summed E-state index contributed by atoms with van der Waals surface area (Å²) in [5, 5.41) is 0. The van der Waals surface area contributed by atoms with E-state index in [2.05, 4.69) is 30.8 Å². The maximum absolute atomic E-state index is 11.7. The second-order valence-electron chi connectivity index (χ2n) is 5.27. The average Bonchev–Trinajstić information content (AvgIpc) is 3.04. The molecule has 104 valence electrons. The summed E-state index contributed by atoms with van der Waals surface area (Å²) in [4.78, 5) is 25.0. The van der Waals surface area contributed by atoms with Crippen LogP contribution in [0.5, 0.6) is 0 Å². The Morgan fingerprint density at radius 1 is 1.35 bits per heavy atom. The van der Waals surface area contributed by atoms with Gasteiger partial charge in [0.15, 0.2) is 11.5 Å². The van der Waals surface area contributed by atoms with Gasteiger partial charge < -0.3 is 14.2 Å². The molecule has 1 atom stereocenters. The fourth-order valence-corrected chi connectivity index (χ4v) is 3.54. The van der Waals surface area contributed by atoms with E-state index in [0.29, 0.717) is 18.4 Å². The quantitative estimate of drug-likeness (QED) is 0.788. The normalized spacial score (nSPS) is 22.6. The zero-order valence-electron chi connectivity index (χ0n) is 10.9. The fraction of sp³-hybridized carbons (Fsp3) is 0.462. The van der Waals surface area contributed by atoms with Crippen LogP contribution in [0.3, 0.4) is 0 Å². The minimum absolute atomic E-state index is 0.294. The third-order valence-corrected chi connectivity index (χ3v) is 4.50. The minimum atomic E-state index is 0.294. The molecule has 2 saturated heterocycles. The van der Waals surface area contributed by atoms with Crippen molar-refractivity contribution in [3.05, 3.63) is 23.2 Å². The van der Waals surface area contributed by atoms with E-state index in [9.17, 15) is 4.79 Å². The molecule has 0 aromatic carbocycles. The zero-order chi connectivity index (χ0) is 13.7. The van der Waals surface area contributed by atoms with E-state index in [1.54, 1.807) is 6.20 Å². The molecule has 7 heteroatoms. The van der Waals surface area contributed by atoms with Crippen molar-refractivity contribution in [2.75, 3.05) is 24.5 Å². The third-order valence-electron chi connectivity index (χ3n) is 4.12. The first-order chi connectivity index (χ1) is 9.72. The van der Waals surface area contributed by atoms with Crippen LogP contribution in [0.25, 0.3) is 5.65 Å². The number of anilines is 1. The summed E-state index contributed by atoms with van der Waals surface area (Å²) in [5.74, 6) is 1.19. The van der Waals surface area contributed by atoms with Gasteiger partial charge in [-0.3, -0.25) is 4.79 Å². The summed E-state index contributed by atoms with van der Waals surface area (Å²) >= 11 is 3.45. The minimum Gasteiger partial charge on any atom is -0.350 e. The number of amides is 1. The van der Waals surface area contributed by atoms with Gasteiger partial charge in [0, 0.05) is 50.7 Å². The van der Waals surface area contributed by atoms with E-state index in [1.807, 2.05) is 21.7 Å². The first-order valence-electron chi connectivity index (χ1n) is 6.76. The predicted molar refractivity (Wildman–Crippen MR) is 77.6 cm³/mol. The van der Waals surface area contributed by atoms with Crippen molar-refractivity contribution < 1.29 is 4.79 Å². The van der Waals surface area contributed by atoms with Crippen LogP contribution in [0.2, 0.25) is 0 Å². The van der Waals surface area contributed by atoms with Crippen molar-refractivity contribution in [1.29, 1.82) is 0 Å². The molecule has 1 amide bonds. The number of carbonyl (C=O) groups excluding carboxylic acids is 1. The van der Waals surface area contributed by atoms with Crippen LogP contribution in [0.1, 0.15) is 12.8 Å². The standard InChI is InChI=1S/C13H14BrN5O/c14-10-8-17-4-3-15-12(17)13(16-10)18-5-6-19-9(7-18)1-2-11(19)20/h3-4,8-9H,1-2,5-7H2. The lowest BCUT2D eigenvalue weighted by Gasteiger charge is -2.38. The molecule has 4 heterocycles. The summed E-state index contributed by atoms with van der Waals surface area (Å²) in [6, 6.07) is 0.326. The molecule has 1 unspecified atom stereocenters. The van der Waals surface area contributed by atoms with Gasteiger partial charge in [-0.1, -0.05) is 0 Å². The van der Waals surface area contributed by atoms with Crippen LogP contribution < -0.4 is 4.90 Å². The van der Waals surface area contributed by atoms with E-state index < -0.39 is 0 Å². The molecule has 0 aliphatic carbocycles. The van der Waals surface area contributed by atoms with Gasteiger partial charge in [0.2, 0.25) is 5.91 Å². The summed E-state index contributed by atoms with van der Waals surface area (Å²) in [6.45, 7) is 2.44. The number of hydrogen-bond donors (Lipinski definition) is 0. The Morgan fingerprint density at radius 3 is 3.15 bits per heavy atom. The van der Waals surface area contributed by atoms with Crippen LogP contribution in [0.4, 0.5) is 5.82 Å². The SMILES string of the molecule is O=C1CCC2CN(c3nc(Br)cn4ccnc34)CCN12. The molecule has 2 aromatic rings. The second kappa shape index (κ2) is 4.44. The highest BCUT2D eigenvalue weighted by molar-refractivity contribution is 9.10. The van der Waals surface area contributed by atoms with Crippen LogP contribution in [0, 0.1) is 0 Å². The van der Waals surface area contributed by atoms with Crippen molar-refractivity contribution >= 4 is 33.3 Å². The Morgan fingerprint density at radius 2 is 2.25 bits per heavy atom. The molecule has 0 radical (unpaired) electrons. The van der Waals surface area contributed by atoms with E-state index in [0.717, 1.165) is 42.1 Å². The monoisotopic (exact) mass is 335 g/mol. The Balaban J connectivity index is 1.70. The van der Waals surface area contributed by atoms with Crippen LogP contribution in [-0.4, -0.2) is 50.9 Å². The molecule has 2 aliphatic rings. The Kier molecular flexibility index (Phi) is 2.70. The summed E-state index contributed by atoms with van der Waals surface area (Å²) < 4.78 is 2.77. The molecule has 2 aromatic heterocycles. The van der Waals surface area contributed by atoms with Crippen molar-refractivity contribution in [2.24, 2.45) is 0 Å². The highest BCUT2D eigenvalue weighted by Gasteiger charge is 2.36. The molecular weight excluding hydrogens is 322 g/mol. The van der Waals surface area contributed by atoms with E-state index in [4.69, 9.17) is 0 Å². The number of hydrogen-bond acceptors (Lipinski definition) is 4. The molecule has 20 heavy (non-hydrogen) atoms. The Labute approximate surface area is 124 Å². The predicted octanol–water partition coefficient (Wildman–Crippen LogP) is 1.30. The lowest BCUT2D eigenvalue weighted by atomic mass is 10.1. The number of halogens is 1. The maximum atomic E-state index is 11.7. The topological polar surface area (TPSA) is 53.7 Å². The number of nitrogens with zero attached hydrogens (tertiary/aromatic N) is 5. The van der Waals surface area contributed by atoms with Crippen LogP contribution >= 0.6 is 15.9 Å². The Hall–Kier alpha value is -1.63. The lowest BCUT2D eigenvalue weighted by molar-refractivity contribution is -0.129. The van der Waals surface area contributed by atoms with Crippen molar-refractivity contribution in [2.45, 2.75) is 18.9 Å². The van der Waals surface area contributed by atoms with Crippen molar-refractivity contribution in [3.63, 3.8) is 0 Å². The van der Waals surface area contributed by atoms with Gasteiger partial charge in [-0.15, -0.1) is 0 Å². The van der Waals surface area contributed by atoms with Gasteiger partial charge in [0.05, 0.1) is 0 Å². The van der Waals surface area contributed by atoms with Gasteiger partial charge in [-0.05, 0) is 22.4 Å². The van der Waals surface area contributed by atoms with Crippen LogP contribution in [0.15, 0.2) is 23.2 Å². The summed E-state index contributed by atoms with van der Waals surface area (Å²) in [7, 11) is 0. The Bertz CT molecular complexity index is 684. The number of rotatable bonds is 1. The van der Waals surface area contributed by atoms with Gasteiger partial charge in [-0.25, -0.2) is 9.97 Å². The molecule has 0 saturated carbocycles. The molecule has 2 aliphatic heterocycles. The highest BCUT2D eigenvalue weighted by atomic mass is 79.9. The van der Waals surface area contributed by atoms with Crippen molar-refractivity contribution in [3.8, 4) is 0 Å². The van der Waals surface area contributed by atoms with Crippen LogP contribution in [-0.2, 0) is 4.79 Å². The molecule has 0 spiro atoms. The largest absolute Gasteiger partial charge is 0.350 e. The molecule has 0 N–H and O–H groups in total. The number of aromatic nitrogens is 3. The lowest BCUT2D eigenvalue weighted by Crippen LogP contribution is -2.51. The number of imidazole rings is 1. The van der Waals surface area contributed by atoms with Gasteiger partial charge in [0.1, 0.15) is 4.60 Å². The molecule has 4 rings (SSSR count). The maximum Gasteiger partial charge on any atom is 0.223 e. The smallest absolute Gasteiger partial charge is 0.223 e. The average molecular weight is 336 g/mol. The van der Waals surface area contributed by atoms with E-state index in [-0.39, 0.29) is 0 Å². The summed E-state index contributed by atoms with van der Waals surface area (Å²) in [6.07, 6.45) is 7.24. The molecule has 0 bridgehead atoms. The number of carbonyl (C=O) groups is 1. The van der Waals surface area contributed by atoms with Crippen molar-refractivity contribution in [1.82, 2.24) is 19.3 Å². The first-order valence-corrected chi connectivity index (χ1v) is 7.55. The first kappa shape index (κ1) is 12.1. The van der Waals surface area contributed by atoms with Gasteiger partial charge >= 0.3 is 0 Å². The number of fused-ring (bicyclic) bond motifs is 2. The molecular formula is C13H14BrN5O. The zero-order valence-corrected chi connectivity index (χ0v) is 12.5. The van der Waals surface area contributed by atoms with Gasteiger partial charge in [-0.2, -0.15) is 0 Å². The van der Waals surface area contributed by atoms with E-state index >= 15 is 0 Å². The molecule has 6 nitrogen and oxygen atoms in total. The second-order valence-corrected chi connectivity index (χ2v) is 6.08. The number of piperazine rings is 1. The van der Waals surface area contributed by atoms with Gasteiger partial charge in [0.25, 0.3) is 0 Å². The molecule has 2 fully saturated rings. The summed E-state index contributed by atoms with van der Waals surface area (Å²) in [5.41, 5.74) is 0.867. The fourth-order valence-electron chi connectivity index (χ4n) is 3.15. The third kappa shape index (κ3) is 1.80. The highest BCUT2D eigenvalue weighted by Crippen LogP contribution is 2.28. The van der Waals surface area contributed by atoms with E-state index in [1.165, 1.54) is 0 Å².